The van der Waals surface area contributed by atoms with E-state index in [0.717, 1.165) is 12.8 Å². The Morgan fingerprint density at radius 1 is 0.472 bits per heavy atom. The molecule has 0 aromatic carbocycles. The number of hydrogen-bond donors (Lipinski definition) is 11. The predicted molar refractivity (Wildman–Crippen MR) is 222 cm³/mol. The van der Waals surface area contributed by atoms with Crippen molar-refractivity contribution in [3.8, 4) is 0 Å². The molecule has 19 heteroatoms. The minimum absolute atomic E-state index is 0.0933. The average Bonchev–Trinajstić information content (AvgIpc) is 3.11. The summed E-state index contributed by atoms with van der Waals surface area (Å²) in [6.07, 6.45) is 6.59. The second-order valence-corrected chi connectivity index (χ2v) is 14.2. The van der Waals surface area contributed by atoms with Gasteiger partial charge in [0.05, 0.1) is 0 Å². The minimum Gasteiger partial charge on any atom is -0.356 e. The first-order chi connectivity index (χ1) is 25.5. The van der Waals surface area contributed by atoms with Gasteiger partial charge in [0, 0.05) is 71.4 Å². The highest BCUT2D eigenvalue weighted by Gasteiger charge is 2.23. The molecule has 0 rings (SSSR count). The van der Waals surface area contributed by atoms with Gasteiger partial charge >= 0.3 is 0 Å². The Morgan fingerprint density at radius 2 is 0.887 bits per heavy atom. The normalized spacial score (nSPS) is 11.9. The molecule has 0 aliphatic carbocycles. The number of unbranched alkanes of at least 4 members (excludes halogenated alkanes) is 4. The van der Waals surface area contributed by atoms with Crippen molar-refractivity contribution in [2.45, 2.75) is 102 Å². The number of hydrogen-bond acceptors (Lipinski definition) is 12. The van der Waals surface area contributed by atoms with Crippen molar-refractivity contribution < 1.29 is 33.6 Å². The highest BCUT2D eigenvalue weighted by molar-refractivity contribution is 7.80. The van der Waals surface area contributed by atoms with Crippen molar-refractivity contribution in [1.82, 2.24) is 36.8 Å². The first kappa shape index (κ1) is 50.6. The largest absolute Gasteiger partial charge is 0.356 e. The number of nitrogens with one attached hydrogen (secondary N) is 6. The summed E-state index contributed by atoms with van der Waals surface area (Å²) >= 11 is 16.3. The molecular weight excluding hydrogens is 761 g/mol. The molecule has 53 heavy (non-hydrogen) atoms. The topological polar surface area (TPSA) is 221 Å². The summed E-state index contributed by atoms with van der Waals surface area (Å²) < 4.78 is 0. The Balaban J connectivity index is 5.34. The lowest BCUT2D eigenvalue weighted by atomic mass is 10.1. The van der Waals surface area contributed by atoms with Crippen LogP contribution in [0.3, 0.4) is 0 Å². The summed E-state index contributed by atoms with van der Waals surface area (Å²) in [6, 6.07) is -1.59. The number of nitrogens with zero attached hydrogens (tertiary/aromatic N) is 1. The van der Waals surface area contributed by atoms with Gasteiger partial charge in [-0.15, -0.1) is 0 Å². The minimum atomic E-state index is -0.797. The van der Waals surface area contributed by atoms with E-state index in [4.69, 9.17) is 5.73 Å². The molecule has 0 radical (unpaired) electrons. The summed E-state index contributed by atoms with van der Waals surface area (Å²) in [5.74, 6) is -0.137. The SMILES string of the molecule is NCCCCCC(=O)N(CCNC(=O)C(CCCCNC(=O)CCS)NC(=O)CCS)CCNC(=O)C(CCCCNC(=O)CCS)NC(=O)CCS. The van der Waals surface area contributed by atoms with Crippen LogP contribution in [0.1, 0.15) is 89.9 Å². The molecule has 306 valence electrons. The van der Waals surface area contributed by atoms with Gasteiger partial charge in [0.2, 0.25) is 41.4 Å². The van der Waals surface area contributed by atoms with Crippen LogP contribution in [0.5, 0.6) is 0 Å². The zero-order valence-corrected chi connectivity index (χ0v) is 34.6. The smallest absolute Gasteiger partial charge is 0.242 e. The fourth-order valence-corrected chi connectivity index (χ4v) is 5.86. The van der Waals surface area contributed by atoms with Gasteiger partial charge in [-0.05, 0) is 80.9 Å². The standard InChI is InChI=1S/C34H64N8O7S4/c35-15-5-1-2-10-32(47)42(20-18-38-33(48)26(40-30(45)13-24-52)8-3-6-16-36-28(43)11-22-50)21-19-39-34(49)27(41-31(46)14-25-53)9-4-7-17-37-29(44)12-23-51/h26-27,50-53H,1-25,35H2,(H,36,43)(H,37,44)(H,38,48)(H,39,49)(H,40,45)(H,41,46). The second kappa shape index (κ2) is 34.2. The molecule has 0 spiro atoms. The van der Waals surface area contributed by atoms with E-state index in [1.807, 2.05) is 0 Å². The van der Waals surface area contributed by atoms with Crippen molar-refractivity contribution in [1.29, 1.82) is 0 Å². The maximum atomic E-state index is 13.2. The van der Waals surface area contributed by atoms with E-state index >= 15 is 0 Å². The molecule has 15 nitrogen and oxygen atoms in total. The summed E-state index contributed by atoms with van der Waals surface area (Å²) in [6.45, 7) is 2.01. The Labute approximate surface area is 337 Å². The van der Waals surface area contributed by atoms with Crippen molar-refractivity contribution in [3.05, 3.63) is 0 Å². The van der Waals surface area contributed by atoms with E-state index in [1.165, 1.54) is 0 Å². The maximum Gasteiger partial charge on any atom is 0.242 e. The Bertz CT molecular complexity index is 1020. The first-order valence-electron chi connectivity index (χ1n) is 18.6. The van der Waals surface area contributed by atoms with Gasteiger partial charge in [-0.25, -0.2) is 0 Å². The number of nitrogens with two attached hydrogens (primary N) is 1. The lowest BCUT2D eigenvalue weighted by Gasteiger charge is -2.25. The van der Waals surface area contributed by atoms with Crippen LogP contribution >= 0.6 is 50.5 Å². The zero-order valence-electron chi connectivity index (χ0n) is 31.0. The average molecular weight is 825 g/mol. The van der Waals surface area contributed by atoms with Crippen LogP contribution in [-0.2, 0) is 33.6 Å². The third kappa shape index (κ3) is 27.8. The molecule has 0 aromatic heterocycles. The van der Waals surface area contributed by atoms with Crippen LogP contribution in [0, 0.1) is 0 Å². The van der Waals surface area contributed by atoms with Crippen molar-refractivity contribution in [2.24, 2.45) is 5.73 Å². The van der Waals surface area contributed by atoms with Crippen LogP contribution in [0.2, 0.25) is 0 Å². The first-order valence-corrected chi connectivity index (χ1v) is 21.1. The second-order valence-electron chi connectivity index (χ2n) is 12.4. The third-order valence-electron chi connectivity index (χ3n) is 7.95. The number of carbonyl (C=O) groups is 7. The highest BCUT2D eigenvalue weighted by atomic mass is 32.1. The molecule has 7 amide bonds. The Kier molecular flexibility index (Phi) is 32.6. The van der Waals surface area contributed by atoms with Crippen LogP contribution in [-0.4, -0.2) is 127 Å². The van der Waals surface area contributed by atoms with Gasteiger partial charge in [0.1, 0.15) is 12.1 Å². The molecule has 2 unspecified atom stereocenters. The fraction of sp³-hybridized carbons (Fsp3) is 0.794. The van der Waals surface area contributed by atoms with Crippen LogP contribution in [0.25, 0.3) is 0 Å². The molecule has 2 atom stereocenters. The molecule has 0 aliphatic rings. The van der Waals surface area contributed by atoms with Gasteiger partial charge in [-0.3, -0.25) is 33.6 Å². The lowest BCUT2D eigenvalue weighted by Crippen LogP contribution is -2.50. The Hall–Kier alpha value is -2.35. The fourth-order valence-electron chi connectivity index (χ4n) is 5.05. The van der Waals surface area contributed by atoms with Crippen LogP contribution in [0.4, 0.5) is 0 Å². The molecule has 0 bridgehead atoms. The van der Waals surface area contributed by atoms with E-state index in [0.29, 0.717) is 100 Å². The van der Waals surface area contributed by atoms with Crippen molar-refractivity contribution >= 4 is 91.9 Å². The molecule has 0 aliphatic heterocycles. The highest BCUT2D eigenvalue weighted by Crippen LogP contribution is 2.06. The van der Waals surface area contributed by atoms with Crippen LogP contribution < -0.4 is 37.6 Å². The van der Waals surface area contributed by atoms with Crippen molar-refractivity contribution in [3.63, 3.8) is 0 Å². The monoisotopic (exact) mass is 824 g/mol. The molecule has 0 heterocycles. The zero-order chi connectivity index (χ0) is 39.7. The van der Waals surface area contributed by atoms with Crippen LogP contribution in [0.15, 0.2) is 0 Å². The summed E-state index contributed by atoms with van der Waals surface area (Å²) in [5.41, 5.74) is 5.60. The maximum absolute atomic E-state index is 13.2. The van der Waals surface area contributed by atoms with E-state index in [1.54, 1.807) is 4.90 Å². The lowest BCUT2D eigenvalue weighted by molar-refractivity contribution is -0.132. The molecule has 0 fully saturated rings. The van der Waals surface area contributed by atoms with E-state index < -0.39 is 12.1 Å². The van der Waals surface area contributed by atoms with E-state index in [2.05, 4.69) is 82.4 Å². The Morgan fingerprint density at radius 3 is 1.28 bits per heavy atom. The summed E-state index contributed by atoms with van der Waals surface area (Å²) in [5, 5.41) is 16.8. The number of amides is 7. The van der Waals surface area contributed by atoms with Gasteiger partial charge < -0.3 is 42.5 Å². The quantitative estimate of drug-likeness (QED) is 0.0328. The molecular formula is C34H64N8O7S4. The molecule has 0 aromatic rings. The van der Waals surface area contributed by atoms with Gasteiger partial charge in [-0.1, -0.05) is 6.42 Å². The number of carbonyl (C=O) groups excluding carboxylic acids is 7. The predicted octanol–water partition coefficient (Wildman–Crippen LogP) is 0.389. The molecule has 8 N–H and O–H groups in total. The van der Waals surface area contributed by atoms with Crippen molar-refractivity contribution in [2.75, 3.05) is 68.8 Å². The summed E-state index contributed by atoms with van der Waals surface area (Å²) in [7, 11) is 0. The number of rotatable bonds is 33. The van der Waals surface area contributed by atoms with Gasteiger partial charge in [0.15, 0.2) is 0 Å². The van der Waals surface area contributed by atoms with E-state index in [9.17, 15) is 33.6 Å². The summed E-state index contributed by atoms with van der Waals surface area (Å²) in [4.78, 5) is 89.2. The third-order valence-corrected chi connectivity index (χ3v) is 8.85. The molecule has 0 saturated heterocycles. The molecule has 0 saturated carbocycles. The van der Waals surface area contributed by atoms with Gasteiger partial charge in [0.25, 0.3) is 0 Å². The van der Waals surface area contributed by atoms with E-state index in [-0.39, 0.29) is 86.8 Å². The number of thiol groups is 4. The van der Waals surface area contributed by atoms with Gasteiger partial charge in [-0.2, -0.15) is 50.5 Å².